The van der Waals surface area contributed by atoms with Crippen molar-refractivity contribution in [1.82, 2.24) is 15.0 Å². The lowest BCUT2D eigenvalue weighted by atomic mass is 10.3. The van der Waals surface area contributed by atoms with E-state index in [1.165, 1.54) is 4.70 Å². The van der Waals surface area contributed by atoms with Gasteiger partial charge in [0.2, 0.25) is 5.88 Å². The first-order valence-electron chi connectivity index (χ1n) is 6.11. The summed E-state index contributed by atoms with van der Waals surface area (Å²) in [5, 5.41) is 1.81. The molecule has 2 aromatic heterocycles. The topological polar surface area (TPSA) is 47.9 Å². The maximum Gasteiger partial charge on any atom is 0.217 e. The van der Waals surface area contributed by atoms with Crippen molar-refractivity contribution in [3.8, 4) is 5.88 Å². The normalized spacial score (nSPS) is 10.9. The largest absolute Gasteiger partial charge is 0.481 e. The fourth-order valence-corrected chi connectivity index (χ4v) is 3.65. The number of thiazole rings is 1. The first-order chi connectivity index (χ1) is 9.74. The predicted molar refractivity (Wildman–Crippen MR) is 82.5 cm³/mol. The van der Waals surface area contributed by atoms with Crippen LogP contribution in [0.5, 0.6) is 5.88 Å². The van der Waals surface area contributed by atoms with Crippen molar-refractivity contribution in [2.24, 2.45) is 0 Å². The maximum absolute atomic E-state index is 5.16. The summed E-state index contributed by atoms with van der Waals surface area (Å²) in [6.07, 6.45) is 0. The number of aromatic nitrogens is 3. The molecule has 3 aromatic rings. The van der Waals surface area contributed by atoms with Crippen molar-refractivity contribution in [1.29, 1.82) is 0 Å². The molecule has 0 amide bonds. The van der Waals surface area contributed by atoms with Gasteiger partial charge in [0.25, 0.3) is 0 Å². The Morgan fingerprint density at radius 2 is 2.05 bits per heavy atom. The van der Waals surface area contributed by atoms with Crippen molar-refractivity contribution in [2.75, 3.05) is 7.11 Å². The van der Waals surface area contributed by atoms with E-state index < -0.39 is 0 Å². The van der Waals surface area contributed by atoms with Crippen molar-refractivity contribution in [2.45, 2.75) is 17.8 Å². The minimum Gasteiger partial charge on any atom is -0.481 e. The van der Waals surface area contributed by atoms with Crippen LogP contribution in [-0.2, 0) is 5.75 Å². The molecular weight excluding hydrogens is 290 g/mol. The lowest BCUT2D eigenvalue weighted by molar-refractivity contribution is 0.391. The average molecular weight is 303 g/mol. The number of para-hydroxylation sites is 1. The Morgan fingerprint density at radius 1 is 1.20 bits per heavy atom. The summed E-state index contributed by atoms with van der Waals surface area (Å²) in [5.41, 5.74) is 1.96. The van der Waals surface area contributed by atoms with Crippen LogP contribution >= 0.6 is 23.1 Å². The van der Waals surface area contributed by atoms with Gasteiger partial charge in [-0.2, -0.15) is 4.98 Å². The quantitative estimate of drug-likeness (QED) is 0.543. The standard InChI is InChI=1S/C14H13N3OS2/c1-9-7-12(18-2)17-14(15-9)19-8-13-16-10-5-3-4-6-11(10)20-13/h3-7H,8H2,1-2H3. The monoisotopic (exact) mass is 303 g/mol. The van der Waals surface area contributed by atoms with Gasteiger partial charge in [-0.15, -0.1) is 11.3 Å². The molecule has 4 nitrogen and oxygen atoms in total. The molecule has 1 aromatic carbocycles. The van der Waals surface area contributed by atoms with Crippen LogP contribution in [0, 0.1) is 6.92 Å². The van der Waals surface area contributed by atoms with Crippen molar-refractivity contribution in [3.05, 3.63) is 41.0 Å². The molecular formula is C14H13N3OS2. The highest BCUT2D eigenvalue weighted by molar-refractivity contribution is 7.98. The van der Waals surface area contributed by atoms with Crippen LogP contribution < -0.4 is 4.74 Å². The third-order valence-corrected chi connectivity index (χ3v) is 4.76. The second-order valence-electron chi connectivity index (χ2n) is 4.20. The number of benzene rings is 1. The molecule has 3 rings (SSSR count). The van der Waals surface area contributed by atoms with E-state index in [0.717, 1.165) is 27.1 Å². The Balaban J connectivity index is 1.77. The number of aryl methyl sites for hydroxylation is 1. The van der Waals surface area contributed by atoms with Crippen LogP contribution in [0.25, 0.3) is 10.2 Å². The molecule has 6 heteroatoms. The Labute approximate surface area is 125 Å². The van der Waals surface area contributed by atoms with E-state index in [1.54, 1.807) is 30.2 Å². The summed E-state index contributed by atoms with van der Waals surface area (Å²) in [5.74, 6) is 1.37. The molecule has 0 radical (unpaired) electrons. The number of thioether (sulfide) groups is 1. The molecule has 0 fully saturated rings. The van der Waals surface area contributed by atoms with Crippen LogP contribution in [0.3, 0.4) is 0 Å². The van der Waals surface area contributed by atoms with Gasteiger partial charge in [-0.25, -0.2) is 9.97 Å². The second kappa shape index (κ2) is 5.76. The minimum atomic E-state index is 0.601. The summed E-state index contributed by atoms with van der Waals surface area (Å²) in [4.78, 5) is 13.3. The lowest BCUT2D eigenvalue weighted by Gasteiger charge is -2.03. The number of hydrogen-bond donors (Lipinski definition) is 0. The van der Waals surface area contributed by atoms with E-state index in [0.29, 0.717) is 5.88 Å². The number of nitrogens with zero attached hydrogens (tertiary/aromatic N) is 3. The van der Waals surface area contributed by atoms with Gasteiger partial charge >= 0.3 is 0 Å². The molecule has 102 valence electrons. The zero-order chi connectivity index (χ0) is 13.9. The summed E-state index contributed by atoms with van der Waals surface area (Å²) in [6, 6.07) is 9.99. The second-order valence-corrected chi connectivity index (χ2v) is 6.26. The first-order valence-corrected chi connectivity index (χ1v) is 7.92. The van der Waals surface area contributed by atoms with Gasteiger partial charge in [0, 0.05) is 11.8 Å². The van der Waals surface area contributed by atoms with Crippen LogP contribution in [0.15, 0.2) is 35.5 Å². The van der Waals surface area contributed by atoms with Crippen LogP contribution in [0.2, 0.25) is 0 Å². The van der Waals surface area contributed by atoms with Gasteiger partial charge in [0.1, 0.15) is 5.01 Å². The predicted octanol–water partition coefficient (Wildman–Crippen LogP) is 3.70. The molecule has 2 heterocycles. The zero-order valence-corrected chi connectivity index (χ0v) is 12.8. The molecule has 0 spiro atoms. The van der Waals surface area contributed by atoms with Crippen LogP contribution in [-0.4, -0.2) is 22.1 Å². The van der Waals surface area contributed by atoms with Crippen LogP contribution in [0.1, 0.15) is 10.7 Å². The fraction of sp³-hybridized carbons (Fsp3) is 0.214. The van der Waals surface area contributed by atoms with E-state index in [2.05, 4.69) is 21.0 Å². The third-order valence-electron chi connectivity index (χ3n) is 2.68. The fourth-order valence-electron chi connectivity index (χ4n) is 1.79. The summed E-state index contributed by atoms with van der Waals surface area (Å²) in [6.45, 7) is 1.94. The molecule has 0 bridgehead atoms. The number of ether oxygens (including phenoxy) is 1. The molecule has 0 atom stereocenters. The molecule has 0 saturated carbocycles. The lowest BCUT2D eigenvalue weighted by Crippen LogP contribution is -1.94. The number of fused-ring (bicyclic) bond motifs is 1. The maximum atomic E-state index is 5.16. The average Bonchev–Trinajstić information content (AvgIpc) is 2.87. The van der Waals surface area contributed by atoms with Gasteiger partial charge in [0.05, 0.1) is 23.1 Å². The van der Waals surface area contributed by atoms with E-state index in [1.807, 2.05) is 31.2 Å². The molecule has 0 unspecified atom stereocenters. The van der Waals surface area contributed by atoms with Gasteiger partial charge in [-0.1, -0.05) is 23.9 Å². The van der Waals surface area contributed by atoms with Gasteiger partial charge in [-0.05, 0) is 19.1 Å². The Hall–Kier alpha value is -1.66. The van der Waals surface area contributed by atoms with Crippen molar-refractivity contribution < 1.29 is 4.74 Å². The SMILES string of the molecule is COc1cc(C)nc(SCc2nc3ccccc3s2)n1. The molecule has 20 heavy (non-hydrogen) atoms. The van der Waals surface area contributed by atoms with E-state index in [-0.39, 0.29) is 0 Å². The van der Waals surface area contributed by atoms with Gasteiger partial charge < -0.3 is 4.74 Å². The zero-order valence-electron chi connectivity index (χ0n) is 11.2. The Morgan fingerprint density at radius 3 is 2.85 bits per heavy atom. The smallest absolute Gasteiger partial charge is 0.217 e. The van der Waals surface area contributed by atoms with E-state index >= 15 is 0 Å². The summed E-state index contributed by atoms with van der Waals surface area (Å²) >= 11 is 3.29. The third kappa shape index (κ3) is 2.91. The molecule has 0 aliphatic rings. The number of hydrogen-bond acceptors (Lipinski definition) is 6. The highest BCUT2D eigenvalue weighted by Gasteiger charge is 2.07. The summed E-state index contributed by atoms with van der Waals surface area (Å²) < 4.78 is 6.37. The van der Waals surface area contributed by atoms with Gasteiger partial charge in [0.15, 0.2) is 5.16 Å². The van der Waals surface area contributed by atoms with Crippen molar-refractivity contribution in [3.63, 3.8) is 0 Å². The van der Waals surface area contributed by atoms with E-state index in [4.69, 9.17) is 4.74 Å². The Kier molecular flexibility index (Phi) is 3.84. The number of rotatable bonds is 4. The molecule has 0 saturated heterocycles. The highest BCUT2D eigenvalue weighted by Crippen LogP contribution is 2.27. The highest BCUT2D eigenvalue weighted by atomic mass is 32.2. The van der Waals surface area contributed by atoms with Gasteiger partial charge in [-0.3, -0.25) is 0 Å². The number of methoxy groups -OCH3 is 1. The van der Waals surface area contributed by atoms with Crippen molar-refractivity contribution >= 4 is 33.3 Å². The van der Waals surface area contributed by atoms with Crippen LogP contribution in [0.4, 0.5) is 0 Å². The summed E-state index contributed by atoms with van der Waals surface area (Å²) in [7, 11) is 1.61. The Bertz CT molecular complexity index is 709. The molecule has 0 N–H and O–H groups in total. The molecule has 0 aliphatic heterocycles. The first kappa shape index (κ1) is 13.3. The van der Waals surface area contributed by atoms with E-state index in [9.17, 15) is 0 Å². The minimum absolute atomic E-state index is 0.601. The molecule has 0 aliphatic carbocycles.